The van der Waals surface area contributed by atoms with Crippen molar-refractivity contribution in [3.8, 4) is 0 Å². The number of aromatic nitrogens is 1. The predicted molar refractivity (Wildman–Crippen MR) is 102 cm³/mol. The van der Waals surface area contributed by atoms with Crippen molar-refractivity contribution >= 4 is 21.7 Å². The number of pyridine rings is 1. The molecule has 0 spiro atoms. The number of nitrogens with zero attached hydrogens (tertiary/aromatic N) is 2. The van der Waals surface area contributed by atoms with Crippen molar-refractivity contribution in [2.24, 2.45) is 0 Å². The highest BCUT2D eigenvalue weighted by molar-refractivity contribution is 7.89. The second-order valence-corrected chi connectivity index (χ2v) is 8.61. The fourth-order valence-electron chi connectivity index (χ4n) is 2.93. The molecule has 0 bridgehead atoms. The Labute approximate surface area is 159 Å². The molecule has 144 valence electrons. The molecule has 1 aliphatic heterocycles. The van der Waals surface area contributed by atoms with Gasteiger partial charge in [-0.3, -0.25) is 4.79 Å². The molecule has 0 unspecified atom stereocenters. The van der Waals surface area contributed by atoms with Crippen LogP contribution in [0.15, 0.2) is 47.4 Å². The lowest BCUT2D eigenvalue weighted by molar-refractivity contribution is 0.0979. The molecule has 0 radical (unpaired) electrons. The average Bonchev–Trinajstić information content (AvgIpc) is 3.15. The van der Waals surface area contributed by atoms with Gasteiger partial charge in [0, 0.05) is 31.5 Å². The Morgan fingerprint density at radius 1 is 1.26 bits per heavy atom. The van der Waals surface area contributed by atoms with Crippen molar-refractivity contribution in [1.82, 2.24) is 9.29 Å². The minimum absolute atomic E-state index is 0.0587. The van der Waals surface area contributed by atoms with Crippen LogP contribution in [-0.2, 0) is 14.8 Å². The summed E-state index contributed by atoms with van der Waals surface area (Å²) < 4.78 is 32.2. The number of rotatable bonds is 6. The van der Waals surface area contributed by atoms with E-state index < -0.39 is 10.0 Å². The fourth-order valence-corrected chi connectivity index (χ4v) is 4.14. The van der Waals surface area contributed by atoms with E-state index in [4.69, 9.17) is 4.74 Å². The zero-order valence-electron chi connectivity index (χ0n) is 15.4. The van der Waals surface area contributed by atoms with Crippen molar-refractivity contribution in [1.29, 1.82) is 0 Å². The summed E-state index contributed by atoms with van der Waals surface area (Å²) in [5, 5.41) is 2.70. The molecule has 1 N–H and O–H groups in total. The third-order valence-electron chi connectivity index (χ3n) is 4.44. The first-order valence-electron chi connectivity index (χ1n) is 8.79. The molecule has 0 aliphatic carbocycles. The zero-order chi connectivity index (χ0) is 19.4. The molecule has 2 aromatic rings. The Kier molecular flexibility index (Phi) is 5.88. The summed E-state index contributed by atoms with van der Waals surface area (Å²) in [5.74, 6) is 0.109. The van der Waals surface area contributed by atoms with E-state index in [9.17, 15) is 13.2 Å². The van der Waals surface area contributed by atoms with Crippen LogP contribution in [0.3, 0.4) is 0 Å². The molecule has 8 heteroatoms. The van der Waals surface area contributed by atoms with Crippen LogP contribution >= 0.6 is 0 Å². The number of carbonyl (C=O) groups is 1. The van der Waals surface area contributed by atoms with Crippen molar-refractivity contribution in [3.05, 3.63) is 53.7 Å². The predicted octanol–water partition coefficient (Wildman–Crippen LogP) is 2.44. The molecule has 1 aliphatic rings. The molecule has 1 amide bonds. The Morgan fingerprint density at radius 2 is 2.00 bits per heavy atom. The lowest BCUT2D eigenvalue weighted by Gasteiger charge is -2.20. The molecule has 0 saturated carbocycles. The van der Waals surface area contributed by atoms with Crippen LogP contribution in [0.2, 0.25) is 0 Å². The summed E-state index contributed by atoms with van der Waals surface area (Å²) in [6, 6.07) is 11.2. The number of likely N-dealkylation sites (N-methyl/N-ethyl adjacent to an activating group) is 1. The number of sulfonamides is 1. The van der Waals surface area contributed by atoms with Gasteiger partial charge >= 0.3 is 0 Å². The van der Waals surface area contributed by atoms with Crippen LogP contribution in [0.1, 0.15) is 28.9 Å². The van der Waals surface area contributed by atoms with Gasteiger partial charge in [0.2, 0.25) is 10.0 Å². The molecule has 1 atom stereocenters. The van der Waals surface area contributed by atoms with Gasteiger partial charge in [-0.1, -0.05) is 6.07 Å². The first kappa shape index (κ1) is 19.5. The minimum atomic E-state index is -3.62. The Balaban J connectivity index is 1.69. The third-order valence-corrected chi connectivity index (χ3v) is 6.28. The minimum Gasteiger partial charge on any atom is -0.377 e. The molecule has 27 heavy (non-hydrogen) atoms. The van der Waals surface area contributed by atoms with Crippen LogP contribution in [0, 0.1) is 6.92 Å². The van der Waals surface area contributed by atoms with Gasteiger partial charge in [-0.05, 0) is 56.2 Å². The standard InChI is InChI=1S/C19H23N3O4S/c1-14-5-3-7-18(20-14)21-19(23)15-8-10-17(11-9-15)27(24,25)22(2)13-16-6-4-12-26-16/h3,5,7-11,16H,4,6,12-13H2,1-2H3,(H,20,21,23)/t16-/m0/s1. The van der Waals surface area contributed by atoms with E-state index in [1.165, 1.54) is 28.6 Å². The number of hydrogen-bond acceptors (Lipinski definition) is 5. The van der Waals surface area contributed by atoms with Crippen LogP contribution in [0.5, 0.6) is 0 Å². The Bertz CT molecular complexity index is 907. The SMILES string of the molecule is Cc1cccc(NC(=O)c2ccc(S(=O)(=O)N(C)C[C@@H]3CCCO3)cc2)n1. The molecule has 1 aromatic carbocycles. The van der Waals surface area contributed by atoms with Gasteiger partial charge in [-0.15, -0.1) is 0 Å². The zero-order valence-corrected chi connectivity index (χ0v) is 16.2. The van der Waals surface area contributed by atoms with Gasteiger partial charge in [0.05, 0.1) is 11.0 Å². The molecule has 3 rings (SSSR count). The summed E-state index contributed by atoms with van der Waals surface area (Å²) in [5.41, 5.74) is 1.16. The smallest absolute Gasteiger partial charge is 0.256 e. The van der Waals surface area contributed by atoms with Crippen molar-refractivity contribution in [2.75, 3.05) is 25.5 Å². The fraction of sp³-hybridized carbons (Fsp3) is 0.368. The largest absolute Gasteiger partial charge is 0.377 e. The number of nitrogens with one attached hydrogen (secondary N) is 1. The lowest BCUT2D eigenvalue weighted by atomic mass is 10.2. The number of carbonyl (C=O) groups excluding carboxylic acids is 1. The first-order chi connectivity index (χ1) is 12.9. The van der Waals surface area contributed by atoms with Gasteiger partial charge in [0.1, 0.15) is 5.82 Å². The number of anilines is 1. The number of benzene rings is 1. The highest BCUT2D eigenvalue weighted by Crippen LogP contribution is 2.19. The summed E-state index contributed by atoms with van der Waals surface area (Å²) in [6.07, 6.45) is 1.76. The van der Waals surface area contributed by atoms with E-state index in [0.717, 1.165) is 18.5 Å². The Hall–Kier alpha value is -2.29. The molecular weight excluding hydrogens is 366 g/mol. The molecule has 7 nitrogen and oxygen atoms in total. The van der Waals surface area contributed by atoms with E-state index in [1.807, 2.05) is 13.0 Å². The van der Waals surface area contributed by atoms with Crippen LogP contribution < -0.4 is 5.32 Å². The average molecular weight is 389 g/mol. The highest BCUT2D eigenvalue weighted by atomic mass is 32.2. The maximum absolute atomic E-state index is 12.7. The van der Waals surface area contributed by atoms with Gasteiger partial charge in [0.15, 0.2) is 0 Å². The van der Waals surface area contributed by atoms with E-state index in [-0.39, 0.29) is 16.9 Å². The molecule has 1 fully saturated rings. The second-order valence-electron chi connectivity index (χ2n) is 6.56. The van der Waals surface area contributed by atoms with Crippen LogP contribution in [0.25, 0.3) is 0 Å². The molecule has 2 heterocycles. The van der Waals surface area contributed by atoms with Gasteiger partial charge < -0.3 is 10.1 Å². The summed E-state index contributed by atoms with van der Waals surface area (Å²) in [4.78, 5) is 16.7. The highest BCUT2D eigenvalue weighted by Gasteiger charge is 2.26. The van der Waals surface area contributed by atoms with Crippen molar-refractivity contribution < 1.29 is 17.9 Å². The molecule has 1 aromatic heterocycles. The normalized spacial score (nSPS) is 17.2. The van der Waals surface area contributed by atoms with Crippen molar-refractivity contribution in [3.63, 3.8) is 0 Å². The number of hydrogen-bond donors (Lipinski definition) is 1. The Morgan fingerprint density at radius 3 is 2.63 bits per heavy atom. The molecular formula is C19H23N3O4S. The number of ether oxygens (including phenoxy) is 1. The van der Waals surface area contributed by atoms with E-state index in [2.05, 4.69) is 10.3 Å². The summed E-state index contributed by atoms with van der Waals surface area (Å²) in [6.45, 7) is 2.84. The topological polar surface area (TPSA) is 88.6 Å². The number of amides is 1. The van der Waals surface area contributed by atoms with Crippen LogP contribution in [0.4, 0.5) is 5.82 Å². The van der Waals surface area contributed by atoms with E-state index in [1.54, 1.807) is 19.2 Å². The molecule has 1 saturated heterocycles. The van der Waals surface area contributed by atoms with E-state index in [0.29, 0.717) is 24.5 Å². The maximum Gasteiger partial charge on any atom is 0.256 e. The lowest BCUT2D eigenvalue weighted by Crippen LogP contribution is -2.34. The van der Waals surface area contributed by atoms with Gasteiger partial charge in [-0.25, -0.2) is 13.4 Å². The number of aryl methyl sites for hydroxylation is 1. The maximum atomic E-state index is 12.7. The summed E-state index contributed by atoms with van der Waals surface area (Å²) >= 11 is 0. The second kappa shape index (κ2) is 8.16. The monoisotopic (exact) mass is 389 g/mol. The van der Waals surface area contributed by atoms with Crippen LogP contribution in [-0.4, -0.2) is 49.9 Å². The van der Waals surface area contributed by atoms with Crippen molar-refractivity contribution in [2.45, 2.75) is 30.8 Å². The first-order valence-corrected chi connectivity index (χ1v) is 10.2. The third kappa shape index (κ3) is 4.71. The quantitative estimate of drug-likeness (QED) is 0.820. The van der Waals surface area contributed by atoms with Gasteiger partial charge in [0.25, 0.3) is 5.91 Å². The van der Waals surface area contributed by atoms with Gasteiger partial charge in [-0.2, -0.15) is 4.31 Å². The van der Waals surface area contributed by atoms with E-state index >= 15 is 0 Å². The summed E-state index contributed by atoms with van der Waals surface area (Å²) in [7, 11) is -2.08.